The number of nitro groups is 1. The van der Waals surface area contributed by atoms with Gasteiger partial charge in [-0.1, -0.05) is 54.1 Å². The smallest absolute Gasteiger partial charge is 0.270 e. The van der Waals surface area contributed by atoms with Gasteiger partial charge in [-0.15, -0.1) is 0 Å². The Morgan fingerprint density at radius 3 is 2.38 bits per heavy atom. The van der Waals surface area contributed by atoms with Crippen LogP contribution in [0.2, 0.25) is 5.02 Å². The Hall–Kier alpha value is -3.71. The molecule has 0 atom stereocenters. The predicted molar refractivity (Wildman–Crippen MR) is 124 cm³/mol. The summed E-state index contributed by atoms with van der Waals surface area (Å²) in [4.78, 5) is 37.6. The third-order valence-corrected chi connectivity index (χ3v) is 5.27. The number of halogens is 1. The first-order chi connectivity index (χ1) is 15.4. The van der Waals surface area contributed by atoms with Crippen molar-refractivity contribution in [2.24, 2.45) is 0 Å². The lowest BCUT2D eigenvalue weighted by Gasteiger charge is -2.19. The number of benzene rings is 3. The fourth-order valence-corrected chi connectivity index (χ4v) is 3.50. The van der Waals surface area contributed by atoms with Crippen molar-refractivity contribution in [1.29, 1.82) is 0 Å². The van der Waals surface area contributed by atoms with Crippen molar-refractivity contribution >= 4 is 34.8 Å². The summed E-state index contributed by atoms with van der Waals surface area (Å²) in [7, 11) is 1.72. The molecule has 0 unspecified atom stereocenters. The van der Waals surface area contributed by atoms with Crippen LogP contribution in [-0.2, 0) is 6.42 Å². The van der Waals surface area contributed by atoms with Crippen molar-refractivity contribution in [2.75, 3.05) is 18.9 Å². The molecule has 3 aromatic carbocycles. The predicted octanol–water partition coefficient (Wildman–Crippen LogP) is 5.21. The molecule has 2 amide bonds. The molecule has 0 saturated heterocycles. The number of nitro benzene ring substituents is 1. The molecule has 164 valence electrons. The summed E-state index contributed by atoms with van der Waals surface area (Å²) >= 11 is 6.05. The minimum atomic E-state index is -0.588. The summed E-state index contributed by atoms with van der Waals surface area (Å²) < 4.78 is 0. The van der Waals surface area contributed by atoms with Crippen LogP contribution in [0.1, 0.15) is 32.7 Å². The zero-order valence-corrected chi connectivity index (χ0v) is 18.2. The number of anilines is 1. The van der Waals surface area contributed by atoms with Gasteiger partial charge in [0, 0.05) is 25.7 Å². The van der Waals surface area contributed by atoms with Gasteiger partial charge in [0.1, 0.15) is 0 Å². The van der Waals surface area contributed by atoms with Crippen LogP contribution < -0.4 is 5.32 Å². The number of nitrogens with zero attached hydrogens (tertiary/aromatic N) is 2. The first-order valence-corrected chi connectivity index (χ1v) is 10.4. The quantitative estimate of drug-likeness (QED) is 0.376. The standard InChI is InChI=1S/C24H22ClN3O4/c1-27(15-7-10-17-8-3-2-4-9-17)24(30)20-11-5-6-12-22(20)26-23(29)19-14-13-18(28(31)32)16-21(19)25/h2-6,8-9,11-14,16H,7,10,15H2,1H3,(H,26,29). The average Bonchev–Trinajstić information content (AvgIpc) is 2.79. The number of para-hydroxylation sites is 1. The third-order valence-electron chi connectivity index (χ3n) is 4.96. The van der Waals surface area contributed by atoms with E-state index >= 15 is 0 Å². The highest BCUT2D eigenvalue weighted by Crippen LogP contribution is 2.24. The molecule has 0 heterocycles. The normalized spacial score (nSPS) is 10.4. The molecule has 3 rings (SSSR count). The second-order valence-electron chi connectivity index (χ2n) is 7.24. The molecule has 0 aliphatic carbocycles. The summed E-state index contributed by atoms with van der Waals surface area (Å²) in [6, 6.07) is 20.4. The van der Waals surface area contributed by atoms with Crippen LogP contribution in [0.3, 0.4) is 0 Å². The molecule has 3 aromatic rings. The van der Waals surface area contributed by atoms with Gasteiger partial charge in [-0.25, -0.2) is 0 Å². The zero-order valence-electron chi connectivity index (χ0n) is 17.5. The molecular weight excluding hydrogens is 430 g/mol. The number of hydrogen-bond donors (Lipinski definition) is 1. The summed E-state index contributed by atoms with van der Waals surface area (Å²) in [6.45, 7) is 0.560. The first kappa shape index (κ1) is 23.0. The molecule has 0 aliphatic heterocycles. The van der Waals surface area contributed by atoms with E-state index in [1.54, 1.807) is 36.2 Å². The van der Waals surface area contributed by atoms with E-state index in [1.807, 2.05) is 18.2 Å². The maximum atomic E-state index is 13.0. The second kappa shape index (κ2) is 10.5. The molecule has 0 fully saturated rings. The second-order valence-corrected chi connectivity index (χ2v) is 7.64. The molecule has 0 aliphatic rings. The molecule has 7 nitrogen and oxygen atoms in total. The molecule has 1 N–H and O–H groups in total. The average molecular weight is 452 g/mol. The molecule has 0 radical (unpaired) electrons. The van der Waals surface area contributed by atoms with E-state index in [2.05, 4.69) is 17.4 Å². The topological polar surface area (TPSA) is 92.6 Å². The van der Waals surface area contributed by atoms with E-state index in [4.69, 9.17) is 11.6 Å². The zero-order chi connectivity index (χ0) is 23.1. The molecule has 0 saturated carbocycles. The van der Waals surface area contributed by atoms with Gasteiger partial charge in [0.25, 0.3) is 17.5 Å². The maximum Gasteiger partial charge on any atom is 0.270 e. The number of carbonyl (C=O) groups excluding carboxylic acids is 2. The summed E-state index contributed by atoms with van der Waals surface area (Å²) in [5.74, 6) is -0.777. The number of nitrogens with one attached hydrogen (secondary N) is 1. The van der Waals surface area contributed by atoms with Gasteiger partial charge in [0.15, 0.2) is 0 Å². The van der Waals surface area contributed by atoms with Crippen LogP contribution in [0.15, 0.2) is 72.8 Å². The summed E-state index contributed by atoms with van der Waals surface area (Å²) in [5.41, 5.74) is 1.77. The van der Waals surface area contributed by atoms with Gasteiger partial charge in [-0.2, -0.15) is 0 Å². The SMILES string of the molecule is CN(CCCc1ccccc1)C(=O)c1ccccc1NC(=O)c1ccc([N+](=O)[O-])cc1Cl. The number of carbonyl (C=O) groups is 2. The van der Waals surface area contributed by atoms with E-state index < -0.39 is 10.8 Å². The van der Waals surface area contributed by atoms with Crippen molar-refractivity contribution in [3.63, 3.8) is 0 Å². The van der Waals surface area contributed by atoms with Crippen LogP contribution >= 0.6 is 11.6 Å². The third kappa shape index (κ3) is 5.70. The van der Waals surface area contributed by atoms with Crippen molar-refractivity contribution in [1.82, 2.24) is 4.90 Å². The Labute approximate surface area is 190 Å². The van der Waals surface area contributed by atoms with Gasteiger partial charge < -0.3 is 10.2 Å². The van der Waals surface area contributed by atoms with Gasteiger partial charge in [0.2, 0.25) is 0 Å². The number of rotatable bonds is 8. The van der Waals surface area contributed by atoms with Crippen LogP contribution in [0.4, 0.5) is 11.4 Å². The summed E-state index contributed by atoms with van der Waals surface area (Å²) in [6.07, 6.45) is 1.66. The van der Waals surface area contributed by atoms with Gasteiger partial charge in [-0.3, -0.25) is 19.7 Å². The molecular formula is C24H22ClN3O4. The Kier molecular flexibility index (Phi) is 7.57. The lowest BCUT2D eigenvalue weighted by atomic mass is 10.1. The lowest BCUT2D eigenvalue weighted by molar-refractivity contribution is -0.384. The van der Waals surface area contributed by atoms with Gasteiger partial charge in [0.05, 0.1) is 26.8 Å². The molecule has 32 heavy (non-hydrogen) atoms. The molecule has 0 bridgehead atoms. The van der Waals surface area contributed by atoms with Gasteiger partial charge >= 0.3 is 0 Å². The maximum absolute atomic E-state index is 13.0. The minimum absolute atomic E-state index is 0.0430. The Morgan fingerprint density at radius 2 is 1.69 bits per heavy atom. The van der Waals surface area contributed by atoms with Crippen molar-refractivity contribution in [3.8, 4) is 0 Å². The van der Waals surface area contributed by atoms with Crippen molar-refractivity contribution in [2.45, 2.75) is 12.8 Å². The van der Waals surface area contributed by atoms with Crippen molar-refractivity contribution < 1.29 is 14.5 Å². The Morgan fingerprint density at radius 1 is 1.00 bits per heavy atom. The molecule has 0 spiro atoms. The Bertz CT molecular complexity index is 1140. The van der Waals surface area contributed by atoms with E-state index in [1.165, 1.54) is 17.7 Å². The monoisotopic (exact) mass is 451 g/mol. The van der Waals surface area contributed by atoms with E-state index in [0.29, 0.717) is 17.8 Å². The van der Waals surface area contributed by atoms with Crippen molar-refractivity contribution in [3.05, 3.63) is 105 Å². The lowest BCUT2D eigenvalue weighted by Crippen LogP contribution is -2.29. The van der Waals surface area contributed by atoms with Crippen LogP contribution in [-0.4, -0.2) is 35.2 Å². The fraction of sp³-hybridized carbons (Fsp3) is 0.167. The van der Waals surface area contributed by atoms with Gasteiger partial charge in [-0.05, 0) is 36.6 Å². The van der Waals surface area contributed by atoms with Crippen LogP contribution in [0, 0.1) is 10.1 Å². The highest BCUT2D eigenvalue weighted by atomic mass is 35.5. The van der Waals surface area contributed by atoms with Crippen LogP contribution in [0.5, 0.6) is 0 Å². The molecule has 8 heteroatoms. The van der Waals surface area contributed by atoms with E-state index in [9.17, 15) is 19.7 Å². The highest BCUT2D eigenvalue weighted by Gasteiger charge is 2.19. The number of hydrogen-bond acceptors (Lipinski definition) is 4. The number of non-ortho nitro benzene ring substituents is 1. The van der Waals surface area contributed by atoms with Crippen LogP contribution in [0.25, 0.3) is 0 Å². The number of amides is 2. The highest BCUT2D eigenvalue weighted by molar-refractivity contribution is 6.34. The largest absolute Gasteiger partial charge is 0.342 e. The minimum Gasteiger partial charge on any atom is -0.342 e. The molecule has 0 aromatic heterocycles. The summed E-state index contributed by atoms with van der Waals surface area (Å²) in [5, 5.41) is 13.5. The van der Waals surface area contributed by atoms with E-state index in [-0.39, 0.29) is 22.2 Å². The number of aryl methyl sites for hydroxylation is 1. The Balaban J connectivity index is 1.69. The fourth-order valence-electron chi connectivity index (χ4n) is 3.24. The first-order valence-electron chi connectivity index (χ1n) is 10.0. The van der Waals surface area contributed by atoms with E-state index in [0.717, 1.165) is 18.9 Å².